The van der Waals surface area contributed by atoms with Crippen molar-refractivity contribution in [2.45, 2.75) is 65.1 Å². The molecule has 0 saturated heterocycles. The van der Waals surface area contributed by atoms with Crippen molar-refractivity contribution in [2.24, 2.45) is 29.6 Å². The molecule has 2 heteroatoms. The van der Waals surface area contributed by atoms with Gasteiger partial charge in [0.2, 0.25) is 0 Å². The summed E-state index contributed by atoms with van der Waals surface area (Å²) in [7, 11) is 0. The Morgan fingerprint density at radius 2 is 1.82 bits per heavy atom. The maximum atomic E-state index is 10.6. The van der Waals surface area contributed by atoms with Crippen LogP contribution in [-0.4, -0.2) is 21.9 Å². The van der Waals surface area contributed by atoms with Gasteiger partial charge in [-0.15, -0.1) is 0 Å². The summed E-state index contributed by atoms with van der Waals surface area (Å²) >= 11 is 0. The van der Waals surface area contributed by atoms with E-state index in [1.54, 1.807) is 0 Å². The van der Waals surface area contributed by atoms with Crippen LogP contribution in [0.15, 0.2) is 0 Å². The summed E-state index contributed by atoms with van der Waals surface area (Å²) in [4.78, 5) is 0. The molecule has 0 radical (unpaired) electrons. The maximum absolute atomic E-state index is 10.6. The first-order chi connectivity index (χ1) is 7.84. The van der Waals surface area contributed by atoms with E-state index in [-0.39, 0.29) is 6.10 Å². The van der Waals surface area contributed by atoms with Gasteiger partial charge in [0.25, 0.3) is 0 Å². The van der Waals surface area contributed by atoms with Gasteiger partial charge in [-0.2, -0.15) is 0 Å². The molecule has 17 heavy (non-hydrogen) atoms. The number of hydrogen-bond donors (Lipinski definition) is 2. The van der Waals surface area contributed by atoms with E-state index in [1.165, 1.54) is 0 Å². The molecule has 0 aromatic rings. The highest BCUT2D eigenvalue weighted by Crippen LogP contribution is 2.51. The molecule has 2 aliphatic rings. The van der Waals surface area contributed by atoms with E-state index < -0.39 is 5.60 Å². The number of hydrogen-bond acceptors (Lipinski definition) is 2. The predicted octanol–water partition coefficient (Wildman–Crippen LogP) is 2.83. The largest absolute Gasteiger partial charge is 0.393 e. The minimum absolute atomic E-state index is 0.215. The molecule has 2 N–H and O–H groups in total. The van der Waals surface area contributed by atoms with Crippen LogP contribution >= 0.6 is 0 Å². The van der Waals surface area contributed by atoms with Crippen LogP contribution in [0.4, 0.5) is 0 Å². The summed E-state index contributed by atoms with van der Waals surface area (Å²) in [5.41, 5.74) is -0.558. The van der Waals surface area contributed by atoms with Crippen molar-refractivity contribution in [3.8, 4) is 0 Å². The molecule has 2 aliphatic carbocycles. The molecule has 2 saturated carbocycles. The van der Waals surface area contributed by atoms with Crippen LogP contribution < -0.4 is 0 Å². The van der Waals surface area contributed by atoms with Crippen molar-refractivity contribution in [3.63, 3.8) is 0 Å². The van der Waals surface area contributed by atoms with Gasteiger partial charge < -0.3 is 10.2 Å². The summed E-state index contributed by atoms with van der Waals surface area (Å²) < 4.78 is 0. The maximum Gasteiger partial charge on any atom is 0.0651 e. The lowest BCUT2D eigenvalue weighted by atomic mass is 9.55. The van der Waals surface area contributed by atoms with E-state index in [9.17, 15) is 10.2 Å². The topological polar surface area (TPSA) is 40.5 Å². The van der Waals surface area contributed by atoms with Crippen LogP contribution in [0.1, 0.15) is 53.4 Å². The van der Waals surface area contributed by atoms with Crippen molar-refractivity contribution >= 4 is 0 Å². The standard InChI is InChI=1S/C15H28O2/c1-9(2)11-7-8-15(4,17)12-6-5-10(3)14(16)13(11)12/h9-14,16-17H,5-8H2,1-4H3/t10-,11+,12+,13+,14+,15-/m0/s1. The van der Waals surface area contributed by atoms with Crippen molar-refractivity contribution in [1.82, 2.24) is 0 Å². The Hall–Kier alpha value is -0.0800. The molecular weight excluding hydrogens is 212 g/mol. The highest BCUT2D eigenvalue weighted by molar-refractivity contribution is 5.01. The summed E-state index contributed by atoms with van der Waals surface area (Å²) in [6, 6.07) is 0. The Kier molecular flexibility index (Phi) is 3.57. The number of fused-ring (bicyclic) bond motifs is 1. The van der Waals surface area contributed by atoms with Crippen LogP contribution in [0.2, 0.25) is 0 Å². The third-order valence-electron chi connectivity index (χ3n) is 5.51. The fourth-order valence-electron chi connectivity index (χ4n) is 4.31. The zero-order valence-electron chi connectivity index (χ0n) is 11.7. The van der Waals surface area contributed by atoms with Gasteiger partial charge in [-0.25, -0.2) is 0 Å². The van der Waals surface area contributed by atoms with Crippen molar-refractivity contribution < 1.29 is 10.2 Å². The molecule has 0 heterocycles. The van der Waals surface area contributed by atoms with E-state index in [4.69, 9.17) is 0 Å². The van der Waals surface area contributed by atoms with Gasteiger partial charge in [0.15, 0.2) is 0 Å². The van der Waals surface area contributed by atoms with Gasteiger partial charge >= 0.3 is 0 Å². The second kappa shape index (κ2) is 4.55. The first-order valence-electron chi connectivity index (χ1n) is 7.25. The zero-order chi connectivity index (χ0) is 12.8. The summed E-state index contributed by atoms with van der Waals surface area (Å²) in [5, 5.41) is 21.1. The van der Waals surface area contributed by atoms with Crippen LogP contribution in [0, 0.1) is 29.6 Å². The molecule has 0 bridgehead atoms. The zero-order valence-corrected chi connectivity index (χ0v) is 11.7. The number of aliphatic hydroxyl groups is 2. The normalized spacial score (nSPS) is 51.4. The minimum Gasteiger partial charge on any atom is -0.393 e. The molecule has 0 aliphatic heterocycles. The lowest BCUT2D eigenvalue weighted by molar-refractivity contribution is -0.153. The molecule has 2 fully saturated rings. The fraction of sp³-hybridized carbons (Fsp3) is 1.00. The molecule has 2 nitrogen and oxygen atoms in total. The SMILES string of the molecule is CC(C)[C@H]1CC[C@](C)(O)[C@@H]2CC[C@H](C)[C@@H](O)[C@H]12. The second-order valence-corrected chi connectivity index (χ2v) is 7.03. The van der Waals surface area contributed by atoms with E-state index in [1.807, 2.05) is 6.92 Å². The lowest BCUT2D eigenvalue weighted by Crippen LogP contribution is -2.55. The third kappa shape index (κ3) is 2.26. The smallest absolute Gasteiger partial charge is 0.0651 e. The molecule has 6 atom stereocenters. The Labute approximate surface area is 105 Å². The summed E-state index contributed by atoms with van der Waals surface area (Å²) in [6.45, 7) is 8.65. The molecule has 100 valence electrons. The van der Waals surface area contributed by atoms with E-state index in [0.717, 1.165) is 25.7 Å². The minimum atomic E-state index is -0.558. The molecule has 0 aromatic carbocycles. The number of aliphatic hydroxyl groups excluding tert-OH is 1. The fourth-order valence-corrected chi connectivity index (χ4v) is 4.31. The lowest BCUT2D eigenvalue weighted by Gasteiger charge is -2.54. The van der Waals surface area contributed by atoms with Crippen LogP contribution in [-0.2, 0) is 0 Å². The number of rotatable bonds is 1. The average Bonchev–Trinajstić information content (AvgIpc) is 2.23. The van der Waals surface area contributed by atoms with E-state index in [2.05, 4.69) is 20.8 Å². The molecular formula is C15H28O2. The second-order valence-electron chi connectivity index (χ2n) is 7.03. The quantitative estimate of drug-likeness (QED) is 0.740. The Bertz CT molecular complexity index is 272. The van der Waals surface area contributed by atoms with Crippen molar-refractivity contribution in [1.29, 1.82) is 0 Å². The van der Waals surface area contributed by atoms with E-state index >= 15 is 0 Å². The first-order valence-corrected chi connectivity index (χ1v) is 7.25. The molecule has 0 unspecified atom stereocenters. The van der Waals surface area contributed by atoms with Gasteiger partial charge in [-0.1, -0.05) is 20.8 Å². The van der Waals surface area contributed by atoms with Gasteiger partial charge in [-0.3, -0.25) is 0 Å². The molecule has 0 aromatic heterocycles. The Balaban J connectivity index is 2.27. The monoisotopic (exact) mass is 240 g/mol. The van der Waals surface area contributed by atoms with Crippen LogP contribution in [0.5, 0.6) is 0 Å². The van der Waals surface area contributed by atoms with Crippen LogP contribution in [0.3, 0.4) is 0 Å². The Morgan fingerprint density at radius 1 is 1.18 bits per heavy atom. The molecule has 0 amide bonds. The molecule has 0 spiro atoms. The van der Waals surface area contributed by atoms with Crippen molar-refractivity contribution in [3.05, 3.63) is 0 Å². The van der Waals surface area contributed by atoms with Crippen molar-refractivity contribution in [2.75, 3.05) is 0 Å². The van der Waals surface area contributed by atoms with Gasteiger partial charge in [0.1, 0.15) is 0 Å². The first kappa shape index (κ1) is 13.4. The van der Waals surface area contributed by atoms with Gasteiger partial charge in [0.05, 0.1) is 11.7 Å². The highest BCUT2D eigenvalue weighted by atomic mass is 16.3. The summed E-state index contributed by atoms with van der Waals surface area (Å²) in [6.07, 6.45) is 3.89. The van der Waals surface area contributed by atoms with Gasteiger partial charge in [-0.05, 0) is 62.2 Å². The molecule has 2 rings (SSSR count). The van der Waals surface area contributed by atoms with Crippen LogP contribution in [0.25, 0.3) is 0 Å². The van der Waals surface area contributed by atoms with Gasteiger partial charge in [0, 0.05) is 0 Å². The Morgan fingerprint density at radius 3 is 2.41 bits per heavy atom. The summed E-state index contributed by atoms with van der Waals surface area (Å²) in [5.74, 6) is 2.19. The average molecular weight is 240 g/mol. The van der Waals surface area contributed by atoms with E-state index in [0.29, 0.717) is 29.6 Å². The highest BCUT2D eigenvalue weighted by Gasteiger charge is 2.51. The third-order valence-corrected chi connectivity index (χ3v) is 5.51. The predicted molar refractivity (Wildman–Crippen MR) is 69.6 cm³/mol.